The Labute approximate surface area is 119 Å². The van der Waals surface area contributed by atoms with E-state index in [1.54, 1.807) is 7.11 Å². The van der Waals surface area contributed by atoms with E-state index in [-0.39, 0.29) is 12.1 Å². The Morgan fingerprint density at radius 2 is 2.32 bits per heavy atom. The second-order valence-corrected chi connectivity index (χ2v) is 4.82. The molecule has 2 unspecified atom stereocenters. The van der Waals surface area contributed by atoms with E-state index in [1.165, 1.54) is 0 Å². The van der Waals surface area contributed by atoms with Gasteiger partial charge >= 0.3 is 0 Å². The lowest BCUT2D eigenvalue weighted by Crippen LogP contribution is -2.40. The van der Waals surface area contributed by atoms with Gasteiger partial charge in [0.2, 0.25) is 0 Å². The first-order valence-corrected chi connectivity index (χ1v) is 6.90. The van der Waals surface area contributed by atoms with Gasteiger partial charge in [-0.2, -0.15) is 0 Å². The number of nitrogens with one attached hydrogen (secondary N) is 1. The summed E-state index contributed by atoms with van der Waals surface area (Å²) in [5.74, 6) is 0.679. The van der Waals surface area contributed by atoms with Gasteiger partial charge in [-0.05, 0) is 24.2 Å². The third-order valence-electron chi connectivity index (χ3n) is 3.17. The molecular formula is C14H20ClNO3. The molecule has 19 heavy (non-hydrogen) atoms. The fourth-order valence-corrected chi connectivity index (χ4v) is 2.45. The van der Waals surface area contributed by atoms with Crippen LogP contribution in [0.25, 0.3) is 0 Å². The topological polar surface area (TPSA) is 39.7 Å². The average molecular weight is 286 g/mol. The molecule has 2 atom stereocenters. The van der Waals surface area contributed by atoms with Crippen molar-refractivity contribution in [1.29, 1.82) is 0 Å². The van der Waals surface area contributed by atoms with Gasteiger partial charge < -0.3 is 19.5 Å². The molecule has 1 aromatic carbocycles. The zero-order valence-corrected chi connectivity index (χ0v) is 12.1. The van der Waals surface area contributed by atoms with Crippen LogP contribution < -0.4 is 10.1 Å². The summed E-state index contributed by atoms with van der Waals surface area (Å²) in [6.45, 7) is 4.83. The summed E-state index contributed by atoms with van der Waals surface area (Å²) in [4.78, 5) is 0. The van der Waals surface area contributed by atoms with E-state index in [9.17, 15) is 0 Å². The molecule has 1 heterocycles. The van der Waals surface area contributed by atoms with Crippen LogP contribution in [0.3, 0.4) is 0 Å². The Balaban J connectivity index is 2.22. The summed E-state index contributed by atoms with van der Waals surface area (Å²) in [7, 11) is 1.62. The van der Waals surface area contributed by atoms with Gasteiger partial charge in [-0.15, -0.1) is 0 Å². The lowest BCUT2D eigenvalue weighted by Gasteiger charge is -2.31. The van der Waals surface area contributed by atoms with Gasteiger partial charge in [0.25, 0.3) is 0 Å². The fourth-order valence-electron chi connectivity index (χ4n) is 2.25. The van der Waals surface area contributed by atoms with Crippen molar-refractivity contribution in [2.24, 2.45) is 0 Å². The van der Waals surface area contributed by atoms with Crippen LogP contribution in [-0.4, -0.2) is 39.6 Å². The summed E-state index contributed by atoms with van der Waals surface area (Å²) in [6, 6.07) is 5.88. The highest BCUT2D eigenvalue weighted by Gasteiger charge is 2.26. The lowest BCUT2D eigenvalue weighted by atomic mass is 10.0. The van der Waals surface area contributed by atoms with E-state index in [0.717, 1.165) is 12.1 Å². The number of hydrogen-bond donors (Lipinski definition) is 1. The molecule has 0 amide bonds. The number of rotatable bonds is 5. The lowest BCUT2D eigenvalue weighted by molar-refractivity contribution is -0.102. The van der Waals surface area contributed by atoms with Crippen molar-refractivity contribution < 1.29 is 14.2 Å². The largest absolute Gasteiger partial charge is 0.495 e. The van der Waals surface area contributed by atoms with Gasteiger partial charge in [-0.25, -0.2) is 0 Å². The Kier molecular flexibility index (Phi) is 5.45. The molecule has 1 fully saturated rings. The number of ether oxygens (including phenoxy) is 3. The van der Waals surface area contributed by atoms with Gasteiger partial charge in [-0.3, -0.25) is 0 Å². The Hall–Kier alpha value is -0.810. The average Bonchev–Trinajstić information content (AvgIpc) is 2.46. The van der Waals surface area contributed by atoms with Crippen LogP contribution in [-0.2, 0) is 9.47 Å². The summed E-state index contributed by atoms with van der Waals surface area (Å²) in [5, 5.41) is 4.05. The van der Waals surface area contributed by atoms with E-state index in [2.05, 4.69) is 12.2 Å². The molecule has 0 aromatic heterocycles. The van der Waals surface area contributed by atoms with Crippen molar-refractivity contribution in [3.8, 4) is 5.75 Å². The highest BCUT2D eigenvalue weighted by Crippen LogP contribution is 2.30. The first-order valence-electron chi connectivity index (χ1n) is 6.52. The molecule has 1 aromatic rings. The molecule has 5 heteroatoms. The van der Waals surface area contributed by atoms with Crippen LogP contribution in [0.2, 0.25) is 5.02 Å². The van der Waals surface area contributed by atoms with E-state index >= 15 is 0 Å². The highest BCUT2D eigenvalue weighted by atomic mass is 35.5. The minimum Gasteiger partial charge on any atom is -0.495 e. The molecular weight excluding hydrogens is 266 g/mol. The maximum atomic E-state index is 6.06. The molecule has 106 valence electrons. The summed E-state index contributed by atoms with van der Waals surface area (Å²) < 4.78 is 16.5. The number of benzene rings is 1. The molecule has 2 rings (SSSR count). The van der Waals surface area contributed by atoms with E-state index in [0.29, 0.717) is 30.6 Å². The van der Waals surface area contributed by atoms with Gasteiger partial charge in [0.15, 0.2) is 0 Å². The first kappa shape index (κ1) is 14.6. The molecule has 0 bridgehead atoms. The zero-order valence-electron chi connectivity index (χ0n) is 11.3. The molecule has 0 radical (unpaired) electrons. The normalized spacial score (nSPS) is 21.1. The monoisotopic (exact) mass is 285 g/mol. The standard InChI is InChI=1S/C14H20ClNO3/c1-3-16-14(13-9-18-6-7-19-13)10-4-5-11(15)12(8-10)17-2/h4-5,8,13-14,16H,3,6-7,9H2,1-2H3. The minimum atomic E-state index is 0.0135. The van der Waals surface area contributed by atoms with Gasteiger partial charge in [-0.1, -0.05) is 24.6 Å². The van der Waals surface area contributed by atoms with Crippen molar-refractivity contribution >= 4 is 11.6 Å². The second-order valence-electron chi connectivity index (χ2n) is 4.41. The van der Waals surface area contributed by atoms with Crippen LogP contribution in [0.4, 0.5) is 0 Å². The maximum Gasteiger partial charge on any atom is 0.137 e. The van der Waals surface area contributed by atoms with Crippen LogP contribution in [0, 0.1) is 0 Å². The SMILES string of the molecule is CCNC(c1ccc(Cl)c(OC)c1)C1COCCO1. The number of hydrogen-bond acceptors (Lipinski definition) is 4. The zero-order chi connectivity index (χ0) is 13.7. The molecule has 0 spiro atoms. The number of likely N-dealkylation sites (N-methyl/N-ethyl adjacent to an activating group) is 1. The van der Waals surface area contributed by atoms with Crippen molar-refractivity contribution in [3.63, 3.8) is 0 Å². The Morgan fingerprint density at radius 1 is 1.47 bits per heavy atom. The smallest absolute Gasteiger partial charge is 0.137 e. The van der Waals surface area contributed by atoms with Crippen LogP contribution >= 0.6 is 11.6 Å². The molecule has 1 aliphatic heterocycles. The third-order valence-corrected chi connectivity index (χ3v) is 3.48. The van der Waals surface area contributed by atoms with Gasteiger partial charge in [0, 0.05) is 0 Å². The van der Waals surface area contributed by atoms with Gasteiger partial charge in [0.05, 0.1) is 38.0 Å². The van der Waals surface area contributed by atoms with Gasteiger partial charge in [0.1, 0.15) is 11.9 Å². The van der Waals surface area contributed by atoms with Crippen molar-refractivity contribution in [2.75, 3.05) is 33.5 Å². The Bertz CT molecular complexity index is 408. The second kappa shape index (κ2) is 7.10. The number of methoxy groups -OCH3 is 1. The fraction of sp³-hybridized carbons (Fsp3) is 0.571. The molecule has 1 aliphatic rings. The molecule has 0 saturated carbocycles. The summed E-state index contributed by atoms with van der Waals surface area (Å²) in [6.07, 6.45) is 0.0135. The minimum absolute atomic E-state index is 0.0135. The van der Waals surface area contributed by atoms with Crippen molar-refractivity contribution in [3.05, 3.63) is 28.8 Å². The highest BCUT2D eigenvalue weighted by molar-refractivity contribution is 6.32. The van der Waals surface area contributed by atoms with Crippen molar-refractivity contribution in [2.45, 2.75) is 19.1 Å². The number of halogens is 1. The van der Waals surface area contributed by atoms with E-state index in [4.69, 9.17) is 25.8 Å². The quantitative estimate of drug-likeness (QED) is 0.902. The summed E-state index contributed by atoms with van der Waals surface area (Å²) >= 11 is 6.06. The van der Waals surface area contributed by atoms with E-state index in [1.807, 2.05) is 18.2 Å². The third kappa shape index (κ3) is 3.60. The first-order chi connectivity index (χ1) is 9.26. The van der Waals surface area contributed by atoms with Crippen molar-refractivity contribution in [1.82, 2.24) is 5.32 Å². The molecule has 4 nitrogen and oxygen atoms in total. The maximum absolute atomic E-state index is 6.06. The van der Waals surface area contributed by atoms with Crippen LogP contribution in [0.15, 0.2) is 18.2 Å². The predicted molar refractivity (Wildman–Crippen MR) is 75.0 cm³/mol. The molecule has 1 saturated heterocycles. The summed E-state index contributed by atoms with van der Waals surface area (Å²) in [5.41, 5.74) is 1.10. The molecule has 0 aliphatic carbocycles. The Morgan fingerprint density at radius 3 is 2.95 bits per heavy atom. The van der Waals surface area contributed by atoms with E-state index < -0.39 is 0 Å². The predicted octanol–water partition coefficient (Wildman–Crippen LogP) is 2.41. The van der Waals surface area contributed by atoms with Crippen LogP contribution in [0.1, 0.15) is 18.5 Å². The molecule has 1 N–H and O–H groups in total. The van der Waals surface area contributed by atoms with Crippen LogP contribution in [0.5, 0.6) is 5.75 Å².